The monoisotopic (exact) mass is 353 g/mol. The van der Waals surface area contributed by atoms with Crippen molar-refractivity contribution in [1.82, 2.24) is 10.6 Å². The zero-order valence-electron chi connectivity index (χ0n) is 13.1. The number of alkyl carbamates (subject to hydrolysis) is 1. The molecular formula is C14H15N3O8. The van der Waals surface area contributed by atoms with E-state index < -0.39 is 42.0 Å². The molecular weight excluding hydrogens is 338 g/mol. The molecule has 0 fully saturated rings. The number of amides is 3. The first-order chi connectivity index (χ1) is 11.8. The highest BCUT2D eigenvalue weighted by Crippen LogP contribution is 2.12. The SMILES string of the molecule is CCOC(=O)NC(=O)COC(=O)CNC(=O)c1cccc([N+](=O)[O-])c1. The van der Waals surface area contributed by atoms with Crippen LogP contribution in [0.3, 0.4) is 0 Å². The summed E-state index contributed by atoms with van der Waals surface area (Å²) in [4.78, 5) is 55.4. The lowest BCUT2D eigenvalue weighted by molar-refractivity contribution is -0.384. The Bertz CT molecular complexity index is 688. The molecule has 3 amide bonds. The summed E-state index contributed by atoms with van der Waals surface area (Å²) in [5.74, 6) is -2.55. The Hall–Kier alpha value is -3.50. The van der Waals surface area contributed by atoms with Crippen LogP contribution in [-0.4, -0.2) is 48.6 Å². The molecule has 1 aromatic rings. The number of benzene rings is 1. The number of hydrogen-bond donors (Lipinski definition) is 2. The van der Waals surface area contributed by atoms with Gasteiger partial charge in [0, 0.05) is 17.7 Å². The number of nitro benzene ring substituents is 1. The van der Waals surface area contributed by atoms with Crippen LogP contribution in [0.1, 0.15) is 17.3 Å². The maximum absolute atomic E-state index is 11.8. The molecule has 0 aliphatic heterocycles. The zero-order valence-corrected chi connectivity index (χ0v) is 13.1. The molecule has 0 aliphatic rings. The Kier molecular flexibility index (Phi) is 7.50. The van der Waals surface area contributed by atoms with Gasteiger partial charge in [0.1, 0.15) is 6.54 Å². The molecule has 1 rings (SSSR count). The Morgan fingerprint density at radius 3 is 2.56 bits per heavy atom. The lowest BCUT2D eigenvalue weighted by Gasteiger charge is -2.07. The smallest absolute Gasteiger partial charge is 0.413 e. The molecule has 25 heavy (non-hydrogen) atoms. The summed E-state index contributed by atoms with van der Waals surface area (Å²) in [5, 5.41) is 14.6. The summed E-state index contributed by atoms with van der Waals surface area (Å²) >= 11 is 0. The maximum atomic E-state index is 11.8. The first-order valence-electron chi connectivity index (χ1n) is 6.98. The van der Waals surface area contributed by atoms with Crippen molar-refractivity contribution in [3.05, 3.63) is 39.9 Å². The minimum Gasteiger partial charge on any atom is -0.454 e. The number of carbonyl (C=O) groups is 4. The summed E-state index contributed by atoms with van der Waals surface area (Å²) in [6.45, 7) is 0.329. The molecule has 11 nitrogen and oxygen atoms in total. The Labute approximate surface area is 141 Å². The molecule has 0 saturated carbocycles. The molecule has 134 valence electrons. The molecule has 11 heteroatoms. The minimum atomic E-state index is -0.970. The third-order valence-corrected chi connectivity index (χ3v) is 2.59. The highest BCUT2D eigenvalue weighted by Gasteiger charge is 2.14. The van der Waals surface area contributed by atoms with Gasteiger partial charge in [-0.15, -0.1) is 0 Å². The van der Waals surface area contributed by atoms with E-state index in [0.29, 0.717) is 0 Å². The van der Waals surface area contributed by atoms with E-state index in [4.69, 9.17) is 0 Å². The molecule has 1 aromatic carbocycles. The van der Waals surface area contributed by atoms with Gasteiger partial charge in [-0.1, -0.05) is 6.07 Å². The van der Waals surface area contributed by atoms with E-state index in [0.717, 1.165) is 6.07 Å². The van der Waals surface area contributed by atoms with E-state index in [1.807, 2.05) is 5.32 Å². The van der Waals surface area contributed by atoms with Crippen LogP contribution in [0.5, 0.6) is 0 Å². The Morgan fingerprint density at radius 1 is 1.20 bits per heavy atom. The van der Waals surface area contributed by atoms with Crippen molar-refractivity contribution in [3.8, 4) is 0 Å². The Balaban J connectivity index is 2.40. The number of imide groups is 1. The van der Waals surface area contributed by atoms with Crippen molar-refractivity contribution < 1.29 is 33.6 Å². The van der Waals surface area contributed by atoms with Gasteiger partial charge in [0.05, 0.1) is 11.5 Å². The fourth-order valence-corrected chi connectivity index (χ4v) is 1.53. The molecule has 0 aliphatic carbocycles. The van der Waals surface area contributed by atoms with E-state index in [1.165, 1.54) is 18.2 Å². The normalized spacial score (nSPS) is 9.64. The van der Waals surface area contributed by atoms with Gasteiger partial charge in [-0.05, 0) is 13.0 Å². The number of ether oxygens (including phenoxy) is 2. The van der Waals surface area contributed by atoms with Crippen LogP contribution in [-0.2, 0) is 19.1 Å². The molecule has 0 atom stereocenters. The van der Waals surface area contributed by atoms with Crippen LogP contribution in [0.25, 0.3) is 0 Å². The number of non-ortho nitro benzene ring substituents is 1. The Morgan fingerprint density at radius 2 is 1.92 bits per heavy atom. The van der Waals surface area contributed by atoms with Crippen LogP contribution in [0.2, 0.25) is 0 Å². The number of esters is 1. The minimum absolute atomic E-state index is 0.0120. The molecule has 0 spiro atoms. The van der Waals surface area contributed by atoms with Gasteiger partial charge in [0.25, 0.3) is 17.5 Å². The molecule has 0 aromatic heterocycles. The first-order valence-corrected chi connectivity index (χ1v) is 6.98. The lowest BCUT2D eigenvalue weighted by Crippen LogP contribution is -2.36. The second-order valence-corrected chi connectivity index (χ2v) is 4.42. The topological polar surface area (TPSA) is 154 Å². The highest BCUT2D eigenvalue weighted by atomic mass is 16.6. The molecule has 0 heterocycles. The summed E-state index contributed by atoms with van der Waals surface area (Å²) in [6, 6.07) is 4.92. The van der Waals surface area contributed by atoms with E-state index in [-0.39, 0.29) is 17.9 Å². The molecule has 0 bridgehead atoms. The second-order valence-electron chi connectivity index (χ2n) is 4.42. The highest BCUT2D eigenvalue weighted by molar-refractivity contribution is 5.97. The predicted octanol–water partition coefficient (Wildman–Crippen LogP) is 0.141. The molecule has 0 radical (unpaired) electrons. The summed E-state index contributed by atoms with van der Waals surface area (Å²) in [7, 11) is 0. The molecule has 2 N–H and O–H groups in total. The van der Waals surface area contributed by atoms with Gasteiger partial charge in [0.2, 0.25) is 0 Å². The van der Waals surface area contributed by atoms with Gasteiger partial charge in [-0.3, -0.25) is 29.8 Å². The fourth-order valence-electron chi connectivity index (χ4n) is 1.53. The number of nitro groups is 1. The van der Waals surface area contributed by atoms with Gasteiger partial charge in [-0.25, -0.2) is 4.79 Å². The average Bonchev–Trinajstić information content (AvgIpc) is 2.58. The summed E-state index contributed by atoms with van der Waals surface area (Å²) < 4.78 is 9.01. The van der Waals surface area contributed by atoms with E-state index in [9.17, 15) is 29.3 Å². The van der Waals surface area contributed by atoms with Crippen molar-refractivity contribution in [2.75, 3.05) is 19.8 Å². The van der Waals surface area contributed by atoms with Crippen molar-refractivity contribution in [2.45, 2.75) is 6.92 Å². The van der Waals surface area contributed by atoms with Gasteiger partial charge in [0.15, 0.2) is 6.61 Å². The third kappa shape index (κ3) is 7.07. The van der Waals surface area contributed by atoms with Crippen LogP contribution < -0.4 is 10.6 Å². The molecule has 0 unspecified atom stereocenters. The van der Waals surface area contributed by atoms with Crippen LogP contribution in [0.4, 0.5) is 10.5 Å². The van der Waals surface area contributed by atoms with E-state index >= 15 is 0 Å². The zero-order chi connectivity index (χ0) is 18.8. The van der Waals surface area contributed by atoms with Crippen molar-refractivity contribution in [2.24, 2.45) is 0 Å². The lowest BCUT2D eigenvalue weighted by atomic mass is 10.2. The number of nitrogens with one attached hydrogen (secondary N) is 2. The van der Waals surface area contributed by atoms with Gasteiger partial charge >= 0.3 is 12.1 Å². The summed E-state index contributed by atoms with van der Waals surface area (Å²) in [5.41, 5.74) is -0.284. The maximum Gasteiger partial charge on any atom is 0.413 e. The predicted molar refractivity (Wildman–Crippen MR) is 81.6 cm³/mol. The molecule has 0 saturated heterocycles. The number of rotatable bonds is 7. The number of hydrogen-bond acceptors (Lipinski definition) is 8. The number of nitrogens with zero attached hydrogens (tertiary/aromatic N) is 1. The van der Waals surface area contributed by atoms with Crippen molar-refractivity contribution in [3.63, 3.8) is 0 Å². The van der Waals surface area contributed by atoms with Crippen molar-refractivity contribution in [1.29, 1.82) is 0 Å². The fraction of sp³-hybridized carbons (Fsp3) is 0.286. The van der Waals surface area contributed by atoms with Crippen LogP contribution >= 0.6 is 0 Å². The van der Waals surface area contributed by atoms with E-state index in [1.54, 1.807) is 6.92 Å². The van der Waals surface area contributed by atoms with Gasteiger partial charge in [-0.2, -0.15) is 0 Å². The van der Waals surface area contributed by atoms with Gasteiger partial charge < -0.3 is 14.8 Å². The summed E-state index contributed by atoms with van der Waals surface area (Å²) in [6.07, 6.45) is -0.970. The van der Waals surface area contributed by atoms with Crippen molar-refractivity contribution >= 4 is 29.6 Å². The van der Waals surface area contributed by atoms with Crippen LogP contribution in [0, 0.1) is 10.1 Å². The first kappa shape index (κ1) is 19.5. The third-order valence-electron chi connectivity index (χ3n) is 2.59. The standard InChI is InChI=1S/C14H15N3O8/c1-2-24-14(21)16-11(18)8-25-12(19)7-15-13(20)9-4-3-5-10(6-9)17(22)23/h3-6H,2,7-8H2,1H3,(H,15,20)(H,16,18,21). The quantitative estimate of drug-likeness (QED) is 0.398. The van der Waals surface area contributed by atoms with E-state index in [2.05, 4.69) is 14.8 Å². The van der Waals surface area contributed by atoms with Crippen LogP contribution in [0.15, 0.2) is 24.3 Å². The second kappa shape index (κ2) is 9.60. The largest absolute Gasteiger partial charge is 0.454 e. The average molecular weight is 353 g/mol. The number of carbonyl (C=O) groups excluding carboxylic acids is 4.